The molecular weight excluding hydrogens is 404 g/mol. The predicted octanol–water partition coefficient (Wildman–Crippen LogP) is 3.87. The van der Waals surface area contributed by atoms with E-state index in [9.17, 15) is 9.59 Å². The number of ether oxygens (including phenoxy) is 2. The van der Waals surface area contributed by atoms with Crippen LogP contribution in [0.25, 0.3) is 16.6 Å². The van der Waals surface area contributed by atoms with Crippen LogP contribution in [0.5, 0.6) is 11.5 Å². The summed E-state index contributed by atoms with van der Waals surface area (Å²) in [5.74, 6) is 0.929. The van der Waals surface area contributed by atoms with Crippen LogP contribution < -0.4 is 20.7 Å². The summed E-state index contributed by atoms with van der Waals surface area (Å²) < 4.78 is 13.3. The highest BCUT2D eigenvalue weighted by molar-refractivity contribution is 6.31. The molecule has 152 valence electrons. The van der Waals surface area contributed by atoms with Gasteiger partial charge in [-0.15, -0.1) is 0 Å². The summed E-state index contributed by atoms with van der Waals surface area (Å²) in [6, 6.07) is 19.3. The summed E-state index contributed by atoms with van der Waals surface area (Å²) in [7, 11) is 3.02. The minimum absolute atomic E-state index is 0.229. The molecule has 0 aliphatic heterocycles. The van der Waals surface area contributed by atoms with E-state index in [0.717, 1.165) is 10.1 Å². The van der Waals surface area contributed by atoms with E-state index in [-0.39, 0.29) is 6.54 Å². The van der Waals surface area contributed by atoms with Gasteiger partial charge in [-0.25, -0.2) is 9.36 Å². The van der Waals surface area contributed by atoms with E-state index in [1.807, 2.05) is 18.2 Å². The van der Waals surface area contributed by atoms with Crippen molar-refractivity contribution in [2.75, 3.05) is 14.2 Å². The van der Waals surface area contributed by atoms with E-state index in [4.69, 9.17) is 21.1 Å². The zero-order valence-corrected chi connectivity index (χ0v) is 17.2. The number of methoxy groups -OCH3 is 2. The standard InChI is InChI=1S/C23H19ClN2O4/c1-29-20-12-11-16(13-21(20)30-2)26-22(27)17-8-4-6-10-19(17)25(23(26)28)14-15-7-3-5-9-18(15)24/h3-13H,14H2,1-2H3. The minimum Gasteiger partial charge on any atom is -0.493 e. The second kappa shape index (κ2) is 8.08. The lowest BCUT2D eigenvalue weighted by molar-refractivity contribution is 0.355. The Bertz CT molecular complexity index is 1360. The number of hydrogen-bond acceptors (Lipinski definition) is 4. The quantitative estimate of drug-likeness (QED) is 0.490. The lowest BCUT2D eigenvalue weighted by Gasteiger charge is -2.16. The summed E-state index contributed by atoms with van der Waals surface area (Å²) in [6.07, 6.45) is 0. The van der Waals surface area contributed by atoms with Crippen molar-refractivity contribution in [1.29, 1.82) is 0 Å². The summed E-state index contributed by atoms with van der Waals surface area (Å²) >= 11 is 6.32. The molecule has 1 aromatic heterocycles. The van der Waals surface area contributed by atoms with Crippen LogP contribution in [-0.4, -0.2) is 23.4 Å². The average Bonchev–Trinajstić information content (AvgIpc) is 2.77. The van der Waals surface area contributed by atoms with Gasteiger partial charge in [0.05, 0.1) is 37.4 Å². The average molecular weight is 423 g/mol. The monoisotopic (exact) mass is 422 g/mol. The Hall–Kier alpha value is -3.51. The molecule has 6 nitrogen and oxygen atoms in total. The van der Waals surface area contributed by atoms with Crippen molar-refractivity contribution in [1.82, 2.24) is 9.13 Å². The molecule has 1 heterocycles. The van der Waals surface area contributed by atoms with Gasteiger partial charge >= 0.3 is 5.69 Å². The Kier molecular flexibility index (Phi) is 5.33. The SMILES string of the molecule is COc1ccc(-n2c(=O)c3ccccc3n(Cc3ccccc3Cl)c2=O)cc1OC. The maximum Gasteiger partial charge on any atom is 0.336 e. The maximum atomic E-state index is 13.5. The zero-order chi connectivity index (χ0) is 21.3. The maximum absolute atomic E-state index is 13.5. The molecule has 3 aromatic carbocycles. The van der Waals surface area contributed by atoms with Crippen LogP contribution >= 0.6 is 11.6 Å². The fourth-order valence-corrected chi connectivity index (χ4v) is 3.66. The van der Waals surface area contributed by atoms with Crippen LogP contribution in [0.2, 0.25) is 5.02 Å². The first-order chi connectivity index (χ1) is 14.5. The van der Waals surface area contributed by atoms with Crippen molar-refractivity contribution >= 4 is 22.5 Å². The van der Waals surface area contributed by atoms with E-state index < -0.39 is 11.2 Å². The minimum atomic E-state index is -0.467. The lowest BCUT2D eigenvalue weighted by Crippen LogP contribution is -2.39. The molecule has 4 aromatic rings. The van der Waals surface area contributed by atoms with Crippen LogP contribution in [0, 0.1) is 0 Å². The lowest BCUT2D eigenvalue weighted by atomic mass is 10.2. The van der Waals surface area contributed by atoms with E-state index in [2.05, 4.69) is 0 Å². The van der Waals surface area contributed by atoms with Crippen molar-refractivity contribution in [3.8, 4) is 17.2 Å². The van der Waals surface area contributed by atoms with Gasteiger partial charge in [-0.1, -0.05) is 41.9 Å². The normalized spacial score (nSPS) is 10.9. The number of nitrogens with zero attached hydrogens (tertiary/aromatic N) is 2. The molecule has 0 unspecified atom stereocenters. The van der Waals surface area contributed by atoms with Crippen LogP contribution in [0.4, 0.5) is 0 Å². The van der Waals surface area contributed by atoms with E-state index in [1.165, 1.54) is 14.2 Å². The summed E-state index contributed by atoms with van der Waals surface area (Å²) in [4.78, 5) is 26.7. The highest BCUT2D eigenvalue weighted by Gasteiger charge is 2.17. The molecule has 0 aliphatic carbocycles. The van der Waals surface area contributed by atoms with Crippen molar-refractivity contribution in [2.45, 2.75) is 6.54 Å². The Morgan fingerprint density at radius 2 is 1.57 bits per heavy atom. The number of halogens is 1. The fraction of sp³-hybridized carbons (Fsp3) is 0.130. The molecule has 0 saturated carbocycles. The third-order valence-electron chi connectivity index (χ3n) is 4.96. The highest BCUT2D eigenvalue weighted by atomic mass is 35.5. The second-order valence-electron chi connectivity index (χ2n) is 6.66. The predicted molar refractivity (Wildman–Crippen MR) is 117 cm³/mol. The molecule has 0 spiro atoms. The molecule has 0 bridgehead atoms. The molecule has 0 saturated heterocycles. The Morgan fingerprint density at radius 3 is 2.30 bits per heavy atom. The number of para-hydroxylation sites is 1. The van der Waals surface area contributed by atoms with Gasteiger partial charge in [0, 0.05) is 11.1 Å². The van der Waals surface area contributed by atoms with Crippen LogP contribution in [-0.2, 0) is 6.54 Å². The molecule has 0 radical (unpaired) electrons. The molecule has 0 amide bonds. The second-order valence-corrected chi connectivity index (χ2v) is 7.06. The third-order valence-corrected chi connectivity index (χ3v) is 5.33. The van der Waals surface area contributed by atoms with Crippen molar-refractivity contribution in [3.63, 3.8) is 0 Å². The van der Waals surface area contributed by atoms with Gasteiger partial charge in [0.15, 0.2) is 11.5 Å². The number of fused-ring (bicyclic) bond motifs is 1. The smallest absolute Gasteiger partial charge is 0.336 e. The van der Waals surface area contributed by atoms with Crippen LogP contribution in [0.1, 0.15) is 5.56 Å². The van der Waals surface area contributed by atoms with Gasteiger partial charge in [-0.05, 0) is 35.9 Å². The number of hydrogen-bond donors (Lipinski definition) is 0. The number of rotatable bonds is 5. The molecule has 0 fully saturated rings. The molecule has 0 aliphatic rings. The van der Waals surface area contributed by atoms with E-state index in [0.29, 0.717) is 33.1 Å². The molecule has 4 rings (SSSR count). The summed E-state index contributed by atoms with van der Waals surface area (Å²) in [5.41, 5.74) is 0.846. The van der Waals surface area contributed by atoms with Gasteiger partial charge in [0.2, 0.25) is 0 Å². The summed E-state index contributed by atoms with van der Waals surface area (Å²) in [6.45, 7) is 0.229. The topological polar surface area (TPSA) is 62.5 Å². The zero-order valence-electron chi connectivity index (χ0n) is 16.5. The first-order valence-electron chi connectivity index (χ1n) is 9.25. The largest absolute Gasteiger partial charge is 0.493 e. The van der Waals surface area contributed by atoms with E-state index >= 15 is 0 Å². The van der Waals surface area contributed by atoms with Gasteiger partial charge < -0.3 is 9.47 Å². The van der Waals surface area contributed by atoms with Crippen molar-refractivity contribution in [3.05, 3.63) is 98.2 Å². The fourth-order valence-electron chi connectivity index (χ4n) is 3.46. The molecule has 7 heteroatoms. The van der Waals surface area contributed by atoms with Crippen molar-refractivity contribution < 1.29 is 9.47 Å². The Morgan fingerprint density at radius 1 is 0.867 bits per heavy atom. The first-order valence-corrected chi connectivity index (χ1v) is 9.63. The van der Waals surface area contributed by atoms with Gasteiger partial charge in [-0.2, -0.15) is 0 Å². The molecule has 30 heavy (non-hydrogen) atoms. The number of aromatic nitrogens is 2. The van der Waals surface area contributed by atoms with Gasteiger partial charge in [0.1, 0.15) is 0 Å². The first kappa shape index (κ1) is 19.8. The highest BCUT2D eigenvalue weighted by Crippen LogP contribution is 2.28. The molecule has 0 N–H and O–H groups in total. The van der Waals surface area contributed by atoms with Gasteiger partial charge in [0.25, 0.3) is 5.56 Å². The van der Waals surface area contributed by atoms with Gasteiger partial charge in [-0.3, -0.25) is 9.36 Å². The van der Waals surface area contributed by atoms with Crippen LogP contribution in [0.3, 0.4) is 0 Å². The third kappa shape index (κ3) is 3.35. The Labute approximate surface area is 177 Å². The number of benzene rings is 3. The molecule has 0 atom stereocenters. The molecular formula is C23H19ClN2O4. The van der Waals surface area contributed by atoms with Crippen molar-refractivity contribution in [2.24, 2.45) is 0 Å². The van der Waals surface area contributed by atoms with Crippen LogP contribution in [0.15, 0.2) is 76.3 Å². The summed E-state index contributed by atoms with van der Waals surface area (Å²) in [5, 5.41) is 0.983. The Balaban J connectivity index is 2.01. The van der Waals surface area contributed by atoms with E-state index in [1.54, 1.807) is 53.1 Å².